The average Bonchev–Trinajstić information content (AvgIpc) is 2.68. The molecule has 0 bridgehead atoms. The zero-order valence-corrected chi connectivity index (χ0v) is 17.5. The van der Waals surface area contributed by atoms with E-state index in [0.717, 1.165) is 19.3 Å². The second-order valence-corrected chi connectivity index (χ2v) is 8.25. The number of halogens is 1. The highest BCUT2D eigenvalue weighted by molar-refractivity contribution is 5.97. The predicted octanol–water partition coefficient (Wildman–Crippen LogP) is 3.06. The summed E-state index contributed by atoms with van der Waals surface area (Å²) in [7, 11) is 0. The zero-order valence-electron chi connectivity index (χ0n) is 17.5. The second-order valence-electron chi connectivity index (χ2n) is 8.25. The Morgan fingerprint density at radius 1 is 1.14 bits per heavy atom. The van der Waals surface area contributed by atoms with Crippen LogP contribution in [0.1, 0.15) is 57.3 Å². The van der Waals surface area contributed by atoms with E-state index < -0.39 is 23.7 Å². The minimum absolute atomic E-state index is 0.0871. The summed E-state index contributed by atoms with van der Waals surface area (Å²) >= 11 is 0. The molecule has 2 rings (SSSR count). The van der Waals surface area contributed by atoms with Crippen molar-refractivity contribution in [2.24, 2.45) is 17.8 Å². The number of carbonyl (C=O) groups is 3. The van der Waals surface area contributed by atoms with Gasteiger partial charge in [-0.05, 0) is 48.4 Å². The van der Waals surface area contributed by atoms with Crippen molar-refractivity contribution in [3.63, 3.8) is 0 Å². The third-order valence-electron chi connectivity index (χ3n) is 5.71. The molecule has 0 aromatic heterocycles. The number of hydrogen-bond donors (Lipinski definition) is 2. The molecular weight excluding hydrogens is 375 g/mol. The van der Waals surface area contributed by atoms with Crippen LogP contribution in [0.25, 0.3) is 0 Å². The van der Waals surface area contributed by atoms with Gasteiger partial charge in [-0.25, -0.2) is 9.18 Å². The molecule has 160 valence electrons. The van der Waals surface area contributed by atoms with Gasteiger partial charge in [0.1, 0.15) is 11.9 Å². The van der Waals surface area contributed by atoms with E-state index >= 15 is 0 Å². The number of hydrogen-bond acceptors (Lipinski definition) is 4. The lowest BCUT2D eigenvalue weighted by atomic mass is 9.78. The van der Waals surface area contributed by atoms with Crippen LogP contribution in [0.3, 0.4) is 0 Å². The van der Waals surface area contributed by atoms with Gasteiger partial charge in [-0.15, -0.1) is 0 Å². The first kappa shape index (κ1) is 22.8. The van der Waals surface area contributed by atoms with E-state index in [0.29, 0.717) is 11.8 Å². The fraction of sp³-hybridized carbons (Fsp3) is 0.591. The zero-order chi connectivity index (χ0) is 21.6. The van der Waals surface area contributed by atoms with Gasteiger partial charge in [0.15, 0.2) is 6.61 Å². The lowest BCUT2D eigenvalue weighted by Crippen LogP contribution is -2.48. The summed E-state index contributed by atoms with van der Waals surface area (Å²) in [5, 5.41) is 5.56. The van der Waals surface area contributed by atoms with Gasteiger partial charge in [0.05, 0.1) is 0 Å². The SMILES string of the molecule is CC(C)[C@H](NC(=O)c1ccc(F)cc1)C(=O)OCC(=O)N[C@@H]1CCC[C@H](C)[C@H]1C. The van der Waals surface area contributed by atoms with Gasteiger partial charge in [-0.1, -0.05) is 40.5 Å². The van der Waals surface area contributed by atoms with Crippen LogP contribution in [0.5, 0.6) is 0 Å². The Labute approximate surface area is 171 Å². The van der Waals surface area contributed by atoms with Crippen molar-refractivity contribution in [3.05, 3.63) is 35.6 Å². The van der Waals surface area contributed by atoms with E-state index in [-0.39, 0.29) is 30.0 Å². The van der Waals surface area contributed by atoms with Crippen molar-refractivity contribution >= 4 is 17.8 Å². The van der Waals surface area contributed by atoms with Crippen LogP contribution in [-0.2, 0) is 14.3 Å². The molecule has 0 unspecified atom stereocenters. The van der Waals surface area contributed by atoms with Gasteiger partial charge >= 0.3 is 5.97 Å². The van der Waals surface area contributed by atoms with Crippen LogP contribution in [0, 0.1) is 23.6 Å². The van der Waals surface area contributed by atoms with E-state index in [1.54, 1.807) is 13.8 Å². The highest BCUT2D eigenvalue weighted by Gasteiger charge is 2.30. The first-order valence-corrected chi connectivity index (χ1v) is 10.2. The Hall–Kier alpha value is -2.44. The van der Waals surface area contributed by atoms with E-state index in [4.69, 9.17) is 4.74 Å². The second kappa shape index (κ2) is 10.4. The van der Waals surface area contributed by atoms with Gasteiger partial charge < -0.3 is 15.4 Å². The van der Waals surface area contributed by atoms with Crippen LogP contribution in [0.2, 0.25) is 0 Å². The molecule has 6 nitrogen and oxygen atoms in total. The summed E-state index contributed by atoms with van der Waals surface area (Å²) < 4.78 is 18.2. The number of amides is 2. The molecule has 1 aromatic rings. The minimum Gasteiger partial charge on any atom is -0.454 e. The Morgan fingerprint density at radius 3 is 2.41 bits per heavy atom. The monoisotopic (exact) mass is 406 g/mol. The molecule has 2 N–H and O–H groups in total. The van der Waals surface area contributed by atoms with E-state index in [1.807, 2.05) is 0 Å². The number of nitrogens with one attached hydrogen (secondary N) is 2. The van der Waals surface area contributed by atoms with Crippen molar-refractivity contribution in [1.82, 2.24) is 10.6 Å². The Bertz CT molecular complexity index is 720. The molecular formula is C22H31FN2O4. The molecule has 0 saturated heterocycles. The summed E-state index contributed by atoms with van der Waals surface area (Å²) in [6.45, 7) is 7.46. The summed E-state index contributed by atoms with van der Waals surface area (Å²) in [6.07, 6.45) is 3.15. The highest BCUT2D eigenvalue weighted by atomic mass is 19.1. The first-order valence-electron chi connectivity index (χ1n) is 10.2. The van der Waals surface area contributed by atoms with Crippen molar-refractivity contribution in [2.45, 2.75) is 59.0 Å². The summed E-state index contributed by atoms with van der Waals surface area (Å²) in [4.78, 5) is 37.0. The molecule has 1 fully saturated rings. The predicted molar refractivity (Wildman–Crippen MR) is 108 cm³/mol. The fourth-order valence-electron chi connectivity index (χ4n) is 3.58. The van der Waals surface area contributed by atoms with E-state index in [2.05, 4.69) is 24.5 Å². The molecule has 4 atom stereocenters. The first-order chi connectivity index (χ1) is 13.7. The van der Waals surface area contributed by atoms with Gasteiger partial charge in [-0.2, -0.15) is 0 Å². The number of carbonyl (C=O) groups excluding carboxylic acids is 3. The van der Waals surface area contributed by atoms with Crippen molar-refractivity contribution in [3.8, 4) is 0 Å². The topological polar surface area (TPSA) is 84.5 Å². The Balaban J connectivity index is 1.87. The molecule has 1 aliphatic carbocycles. The average molecular weight is 406 g/mol. The molecule has 29 heavy (non-hydrogen) atoms. The van der Waals surface area contributed by atoms with Crippen LogP contribution in [-0.4, -0.2) is 36.5 Å². The van der Waals surface area contributed by atoms with Crippen molar-refractivity contribution < 1.29 is 23.5 Å². The fourth-order valence-corrected chi connectivity index (χ4v) is 3.58. The minimum atomic E-state index is -0.908. The largest absolute Gasteiger partial charge is 0.454 e. The smallest absolute Gasteiger partial charge is 0.329 e. The van der Waals surface area contributed by atoms with Crippen LogP contribution in [0.4, 0.5) is 4.39 Å². The van der Waals surface area contributed by atoms with Crippen LogP contribution in [0.15, 0.2) is 24.3 Å². The van der Waals surface area contributed by atoms with Crippen LogP contribution >= 0.6 is 0 Å². The number of benzene rings is 1. The lowest BCUT2D eigenvalue weighted by molar-refractivity contribution is -0.151. The quantitative estimate of drug-likeness (QED) is 0.682. The van der Waals surface area contributed by atoms with Gasteiger partial charge in [0.2, 0.25) is 0 Å². The summed E-state index contributed by atoms with van der Waals surface area (Å²) in [6, 6.07) is 4.21. The molecule has 1 aromatic carbocycles. The summed E-state index contributed by atoms with van der Waals surface area (Å²) in [5.74, 6) is -1.28. The third-order valence-corrected chi connectivity index (χ3v) is 5.71. The molecule has 7 heteroatoms. The molecule has 0 aliphatic heterocycles. The standard InChI is InChI=1S/C22H31FN2O4/c1-13(2)20(25-21(27)16-8-10-17(23)11-9-16)22(28)29-12-19(26)24-18-7-5-6-14(3)15(18)4/h8-11,13-15,18,20H,5-7,12H2,1-4H3,(H,24,26)(H,25,27)/t14-,15+,18+,20-/m0/s1. The third kappa shape index (κ3) is 6.54. The lowest BCUT2D eigenvalue weighted by Gasteiger charge is -2.34. The molecule has 1 saturated carbocycles. The van der Waals surface area contributed by atoms with Crippen LogP contribution < -0.4 is 10.6 Å². The van der Waals surface area contributed by atoms with Gasteiger partial charge in [0.25, 0.3) is 11.8 Å². The number of esters is 1. The highest BCUT2D eigenvalue weighted by Crippen LogP contribution is 2.29. The molecule has 0 heterocycles. The molecule has 0 spiro atoms. The van der Waals surface area contributed by atoms with Gasteiger partial charge in [-0.3, -0.25) is 9.59 Å². The number of ether oxygens (including phenoxy) is 1. The Kier molecular flexibility index (Phi) is 8.17. The molecule has 1 aliphatic rings. The number of rotatable bonds is 7. The van der Waals surface area contributed by atoms with Crippen molar-refractivity contribution in [2.75, 3.05) is 6.61 Å². The molecule has 2 amide bonds. The van der Waals surface area contributed by atoms with E-state index in [1.165, 1.54) is 24.3 Å². The summed E-state index contributed by atoms with van der Waals surface area (Å²) in [5.41, 5.74) is 0.239. The normalized spacial score (nSPS) is 22.6. The van der Waals surface area contributed by atoms with Crippen molar-refractivity contribution in [1.29, 1.82) is 0 Å². The van der Waals surface area contributed by atoms with Gasteiger partial charge in [0, 0.05) is 11.6 Å². The Morgan fingerprint density at radius 2 is 1.79 bits per heavy atom. The maximum Gasteiger partial charge on any atom is 0.329 e. The maximum absolute atomic E-state index is 13.0. The van der Waals surface area contributed by atoms with E-state index in [9.17, 15) is 18.8 Å². The maximum atomic E-state index is 13.0. The molecule has 0 radical (unpaired) electrons.